The molecule has 13 heavy (non-hydrogen) atoms. The molecule has 0 bridgehead atoms. The van der Waals surface area contributed by atoms with Crippen molar-refractivity contribution in [2.45, 2.75) is 25.9 Å². The Labute approximate surface area is 87.9 Å². The minimum Gasteiger partial charge on any atom is -0.305 e. The predicted octanol–water partition coefficient (Wildman–Crippen LogP) is 2.82. The summed E-state index contributed by atoms with van der Waals surface area (Å²) in [7, 11) is 0. The van der Waals surface area contributed by atoms with Gasteiger partial charge in [0.05, 0.1) is 6.04 Å². The first kappa shape index (κ1) is 9.56. The summed E-state index contributed by atoms with van der Waals surface area (Å²) in [5, 5.41) is 5.84. The van der Waals surface area contributed by atoms with Gasteiger partial charge in [0.1, 0.15) is 0 Å². The molecule has 0 amide bonds. The minimum atomic E-state index is 0.591. The first-order valence-electron chi connectivity index (χ1n) is 4.65. The van der Waals surface area contributed by atoms with Gasteiger partial charge < -0.3 is 5.32 Å². The van der Waals surface area contributed by atoms with Gasteiger partial charge in [-0.25, -0.2) is 0 Å². The highest BCUT2D eigenvalue weighted by Gasteiger charge is 2.21. The zero-order chi connectivity index (χ0) is 9.26. The fourth-order valence-electron chi connectivity index (χ4n) is 1.70. The lowest BCUT2D eigenvalue weighted by Crippen LogP contribution is -2.37. The Morgan fingerprint density at radius 3 is 2.92 bits per heavy atom. The number of hydrogen-bond acceptors (Lipinski definition) is 3. The van der Waals surface area contributed by atoms with Crippen LogP contribution in [0.1, 0.15) is 23.4 Å². The van der Waals surface area contributed by atoms with Gasteiger partial charge in [0.25, 0.3) is 0 Å². The number of rotatable bonds is 1. The van der Waals surface area contributed by atoms with E-state index in [2.05, 4.69) is 42.4 Å². The van der Waals surface area contributed by atoms with E-state index in [0.717, 1.165) is 0 Å². The number of aryl methyl sites for hydroxylation is 1. The van der Waals surface area contributed by atoms with E-state index in [1.54, 1.807) is 0 Å². The first-order valence-corrected chi connectivity index (χ1v) is 6.68. The summed E-state index contributed by atoms with van der Waals surface area (Å²) in [5.41, 5.74) is 1.44. The van der Waals surface area contributed by atoms with E-state index in [1.807, 2.05) is 11.3 Å². The van der Waals surface area contributed by atoms with Crippen molar-refractivity contribution in [3.05, 3.63) is 21.9 Å². The molecule has 2 atom stereocenters. The lowest BCUT2D eigenvalue weighted by atomic mass is 10.1. The Hall–Kier alpha value is 0.01000. The average molecular weight is 213 g/mol. The van der Waals surface area contributed by atoms with Crippen LogP contribution in [0.15, 0.2) is 11.4 Å². The predicted molar refractivity (Wildman–Crippen MR) is 61.7 cm³/mol. The molecule has 0 saturated carbocycles. The van der Waals surface area contributed by atoms with Gasteiger partial charge >= 0.3 is 0 Å². The van der Waals surface area contributed by atoms with E-state index in [0.29, 0.717) is 12.1 Å². The molecule has 2 unspecified atom stereocenters. The molecule has 1 aliphatic heterocycles. The van der Waals surface area contributed by atoms with Crippen LogP contribution in [0, 0.1) is 6.92 Å². The zero-order valence-corrected chi connectivity index (χ0v) is 9.67. The summed E-state index contributed by atoms with van der Waals surface area (Å²) in [4.78, 5) is 1.53. The zero-order valence-electron chi connectivity index (χ0n) is 8.04. The molecule has 1 aliphatic rings. The normalized spacial score (nSPS) is 29.1. The molecule has 0 aromatic carbocycles. The molecule has 0 radical (unpaired) electrons. The molecule has 0 aliphatic carbocycles. The van der Waals surface area contributed by atoms with E-state index in [1.165, 1.54) is 21.9 Å². The van der Waals surface area contributed by atoms with Gasteiger partial charge in [-0.05, 0) is 30.9 Å². The maximum Gasteiger partial charge on any atom is 0.0511 e. The Balaban J connectivity index is 2.12. The average Bonchev–Trinajstić information content (AvgIpc) is 2.51. The molecular weight excluding hydrogens is 198 g/mol. The second-order valence-corrected chi connectivity index (χ2v) is 5.65. The van der Waals surface area contributed by atoms with Crippen molar-refractivity contribution in [3.8, 4) is 0 Å². The van der Waals surface area contributed by atoms with E-state index in [-0.39, 0.29) is 0 Å². The van der Waals surface area contributed by atoms with Crippen LogP contribution in [0.4, 0.5) is 0 Å². The fourth-order valence-corrected chi connectivity index (χ4v) is 3.87. The highest BCUT2D eigenvalue weighted by Crippen LogP contribution is 2.30. The van der Waals surface area contributed by atoms with Crippen molar-refractivity contribution in [1.82, 2.24) is 5.32 Å². The highest BCUT2D eigenvalue weighted by atomic mass is 32.2. The molecule has 0 spiro atoms. The highest BCUT2D eigenvalue weighted by molar-refractivity contribution is 7.99. The fraction of sp³-hybridized carbons (Fsp3) is 0.600. The SMILES string of the molecule is Cc1ccsc1C1CSCC(C)N1. The minimum absolute atomic E-state index is 0.591. The summed E-state index contributed by atoms with van der Waals surface area (Å²) < 4.78 is 0. The van der Waals surface area contributed by atoms with Gasteiger partial charge in [0.2, 0.25) is 0 Å². The molecule has 1 aromatic rings. The Morgan fingerprint density at radius 1 is 1.46 bits per heavy atom. The number of nitrogens with one attached hydrogen (secondary N) is 1. The number of hydrogen-bond donors (Lipinski definition) is 1. The third-order valence-electron chi connectivity index (χ3n) is 2.36. The van der Waals surface area contributed by atoms with E-state index >= 15 is 0 Å². The Bertz CT molecular complexity index is 282. The maximum absolute atomic E-state index is 3.65. The van der Waals surface area contributed by atoms with Crippen LogP contribution < -0.4 is 5.32 Å². The van der Waals surface area contributed by atoms with Crippen LogP contribution in [-0.4, -0.2) is 17.5 Å². The van der Waals surface area contributed by atoms with Crippen LogP contribution in [0.25, 0.3) is 0 Å². The number of thiophene rings is 1. The third kappa shape index (κ3) is 2.09. The van der Waals surface area contributed by atoms with Crippen molar-refractivity contribution in [1.29, 1.82) is 0 Å². The topological polar surface area (TPSA) is 12.0 Å². The molecule has 1 saturated heterocycles. The van der Waals surface area contributed by atoms with Crippen molar-refractivity contribution in [3.63, 3.8) is 0 Å². The van der Waals surface area contributed by atoms with Crippen LogP contribution in [0.3, 0.4) is 0 Å². The van der Waals surface area contributed by atoms with Gasteiger partial charge in [-0.15, -0.1) is 11.3 Å². The van der Waals surface area contributed by atoms with Crippen LogP contribution in [0.5, 0.6) is 0 Å². The van der Waals surface area contributed by atoms with Gasteiger partial charge in [-0.1, -0.05) is 0 Å². The number of thioether (sulfide) groups is 1. The van der Waals surface area contributed by atoms with Crippen LogP contribution >= 0.6 is 23.1 Å². The smallest absolute Gasteiger partial charge is 0.0511 e. The molecule has 1 N–H and O–H groups in total. The molecular formula is C10H15NS2. The van der Waals surface area contributed by atoms with E-state index in [9.17, 15) is 0 Å². The summed E-state index contributed by atoms with van der Waals surface area (Å²) in [6, 6.07) is 3.46. The van der Waals surface area contributed by atoms with Gasteiger partial charge in [-0.3, -0.25) is 0 Å². The van der Waals surface area contributed by atoms with Crippen molar-refractivity contribution in [2.24, 2.45) is 0 Å². The molecule has 1 aromatic heterocycles. The second-order valence-electron chi connectivity index (χ2n) is 3.63. The standard InChI is InChI=1S/C10H15NS2/c1-7-3-4-13-10(7)9-6-12-5-8(2)11-9/h3-4,8-9,11H,5-6H2,1-2H3. The molecule has 2 rings (SSSR count). The second kappa shape index (κ2) is 4.03. The summed E-state index contributed by atoms with van der Waals surface area (Å²) in [5.74, 6) is 2.48. The lowest BCUT2D eigenvalue weighted by molar-refractivity contribution is 0.507. The lowest BCUT2D eigenvalue weighted by Gasteiger charge is -2.28. The van der Waals surface area contributed by atoms with Crippen LogP contribution in [-0.2, 0) is 0 Å². The van der Waals surface area contributed by atoms with Gasteiger partial charge in [0.15, 0.2) is 0 Å². The van der Waals surface area contributed by atoms with E-state index in [4.69, 9.17) is 0 Å². The summed E-state index contributed by atoms with van der Waals surface area (Å²) in [6.07, 6.45) is 0. The largest absolute Gasteiger partial charge is 0.305 e. The van der Waals surface area contributed by atoms with Gasteiger partial charge in [0, 0.05) is 22.4 Å². The molecule has 3 heteroatoms. The van der Waals surface area contributed by atoms with E-state index < -0.39 is 0 Å². The van der Waals surface area contributed by atoms with Crippen molar-refractivity contribution < 1.29 is 0 Å². The Kier molecular flexibility index (Phi) is 2.96. The Morgan fingerprint density at radius 2 is 2.31 bits per heavy atom. The monoisotopic (exact) mass is 213 g/mol. The van der Waals surface area contributed by atoms with Gasteiger partial charge in [-0.2, -0.15) is 11.8 Å². The molecule has 1 nitrogen and oxygen atoms in total. The third-order valence-corrected chi connectivity index (χ3v) is 4.79. The molecule has 2 heterocycles. The summed E-state index contributed by atoms with van der Waals surface area (Å²) >= 11 is 3.94. The quantitative estimate of drug-likeness (QED) is 0.770. The summed E-state index contributed by atoms with van der Waals surface area (Å²) in [6.45, 7) is 4.47. The van der Waals surface area contributed by atoms with Crippen LogP contribution in [0.2, 0.25) is 0 Å². The molecule has 72 valence electrons. The van der Waals surface area contributed by atoms with Crippen molar-refractivity contribution >= 4 is 23.1 Å². The first-order chi connectivity index (χ1) is 6.27. The molecule has 1 fully saturated rings. The maximum atomic E-state index is 3.65. The van der Waals surface area contributed by atoms with Crippen molar-refractivity contribution in [2.75, 3.05) is 11.5 Å².